The normalized spacial score (nSPS) is 11.1. The van der Waals surface area contributed by atoms with Gasteiger partial charge < -0.3 is 20.1 Å². The van der Waals surface area contributed by atoms with Gasteiger partial charge in [0.1, 0.15) is 0 Å². The second kappa shape index (κ2) is 10.1. The van der Waals surface area contributed by atoms with Crippen LogP contribution in [0.2, 0.25) is 0 Å². The topological polar surface area (TPSA) is 106 Å². The van der Waals surface area contributed by atoms with Gasteiger partial charge in [0.05, 0.1) is 24.7 Å². The largest absolute Gasteiger partial charge is 0.490 e. The molecule has 0 aliphatic carbocycles. The molecule has 0 saturated carbocycles. The van der Waals surface area contributed by atoms with E-state index in [2.05, 4.69) is 15.4 Å². The van der Waals surface area contributed by atoms with Crippen LogP contribution >= 0.6 is 0 Å². The van der Waals surface area contributed by atoms with Crippen LogP contribution in [-0.4, -0.2) is 54.2 Å². The number of ether oxygens (including phenoxy) is 2. The monoisotopic (exact) mass is 359 g/mol. The van der Waals surface area contributed by atoms with E-state index >= 15 is 0 Å². The number of hydrogen-bond donors (Lipinski definition) is 3. The second-order valence-corrected chi connectivity index (χ2v) is 6.52. The number of nitrogens with one attached hydrogen (secondary N) is 3. The molecule has 0 radical (unpaired) electrons. The fraction of sp³-hybridized carbons (Fsp3) is 0.533. The lowest BCUT2D eigenvalue weighted by molar-refractivity contribution is -0.119. The van der Waals surface area contributed by atoms with Crippen molar-refractivity contribution in [1.29, 1.82) is 0 Å². The predicted octanol–water partition coefficient (Wildman–Crippen LogP) is 0.0979. The molecule has 1 aromatic carbocycles. The molecule has 0 aliphatic heterocycles. The maximum atomic E-state index is 12.3. The highest BCUT2D eigenvalue weighted by Crippen LogP contribution is 2.30. The molecular formula is C15H25N3O5S. The first-order valence-corrected chi connectivity index (χ1v) is 9.23. The zero-order chi connectivity index (χ0) is 18.0. The smallest absolute Gasteiger partial charge is 0.241 e. The summed E-state index contributed by atoms with van der Waals surface area (Å²) in [5.41, 5.74) is 0. The third kappa shape index (κ3) is 6.34. The summed E-state index contributed by atoms with van der Waals surface area (Å²) in [6, 6.07) is 4.33. The van der Waals surface area contributed by atoms with Crippen molar-refractivity contribution in [1.82, 2.24) is 15.4 Å². The Bertz CT molecular complexity index is 634. The minimum Gasteiger partial charge on any atom is -0.490 e. The molecule has 3 N–H and O–H groups in total. The molecule has 1 rings (SSSR count). The van der Waals surface area contributed by atoms with Crippen molar-refractivity contribution in [3.8, 4) is 11.5 Å². The van der Waals surface area contributed by atoms with E-state index in [-0.39, 0.29) is 11.4 Å². The van der Waals surface area contributed by atoms with Crippen LogP contribution in [0.3, 0.4) is 0 Å². The highest BCUT2D eigenvalue weighted by Gasteiger charge is 2.18. The first-order chi connectivity index (χ1) is 11.4. The summed E-state index contributed by atoms with van der Waals surface area (Å²) in [5, 5.41) is 5.47. The Labute approximate surface area is 143 Å². The molecule has 136 valence electrons. The van der Waals surface area contributed by atoms with Crippen LogP contribution < -0.4 is 24.8 Å². The van der Waals surface area contributed by atoms with Gasteiger partial charge in [-0.1, -0.05) is 0 Å². The Balaban J connectivity index is 2.79. The first-order valence-electron chi connectivity index (χ1n) is 7.75. The van der Waals surface area contributed by atoms with Crippen LogP contribution in [0.1, 0.15) is 13.8 Å². The van der Waals surface area contributed by atoms with Crippen LogP contribution in [0.4, 0.5) is 0 Å². The molecule has 0 bridgehead atoms. The molecule has 0 aromatic heterocycles. The number of sulfonamides is 1. The molecule has 9 heteroatoms. The number of likely N-dealkylation sites (N-methyl/N-ethyl adjacent to an activating group) is 1. The van der Waals surface area contributed by atoms with E-state index in [1.165, 1.54) is 18.2 Å². The van der Waals surface area contributed by atoms with Crippen molar-refractivity contribution in [2.45, 2.75) is 18.7 Å². The van der Waals surface area contributed by atoms with Crippen molar-refractivity contribution in [2.24, 2.45) is 0 Å². The van der Waals surface area contributed by atoms with Gasteiger partial charge in [-0.3, -0.25) is 4.79 Å². The number of hydrogen-bond acceptors (Lipinski definition) is 6. The van der Waals surface area contributed by atoms with Gasteiger partial charge in [0.15, 0.2) is 11.5 Å². The fourth-order valence-electron chi connectivity index (χ4n) is 1.83. The van der Waals surface area contributed by atoms with Crippen molar-refractivity contribution >= 4 is 15.9 Å². The van der Waals surface area contributed by atoms with Crippen molar-refractivity contribution < 1.29 is 22.7 Å². The van der Waals surface area contributed by atoms with Crippen LogP contribution in [0, 0.1) is 0 Å². The van der Waals surface area contributed by atoms with E-state index in [1.54, 1.807) is 14.0 Å². The van der Waals surface area contributed by atoms with E-state index in [1.807, 2.05) is 6.92 Å². The average molecular weight is 359 g/mol. The Morgan fingerprint density at radius 3 is 2.38 bits per heavy atom. The lowest BCUT2D eigenvalue weighted by Crippen LogP contribution is -2.39. The average Bonchev–Trinajstić information content (AvgIpc) is 2.55. The Hall–Kier alpha value is -1.84. The molecule has 0 unspecified atom stereocenters. The summed E-state index contributed by atoms with van der Waals surface area (Å²) in [6.45, 7) is 5.15. The van der Waals surface area contributed by atoms with Gasteiger partial charge in [0.25, 0.3) is 0 Å². The van der Waals surface area contributed by atoms with E-state index in [9.17, 15) is 13.2 Å². The number of carbonyl (C=O) groups excluding carboxylic acids is 1. The van der Waals surface area contributed by atoms with E-state index in [4.69, 9.17) is 9.47 Å². The van der Waals surface area contributed by atoms with Gasteiger partial charge >= 0.3 is 0 Å². The van der Waals surface area contributed by atoms with Gasteiger partial charge in [-0.15, -0.1) is 0 Å². The van der Waals surface area contributed by atoms with Crippen LogP contribution in [0.15, 0.2) is 23.1 Å². The van der Waals surface area contributed by atoms with Gasteiger partial charge in [-0.25, -0.2) is 13.1 Å². The predicted molar refractivity (Wildman–Crippen MR) is 90.9 cm³/mol. The summed E-state index contributed by atoms with van der Waals surface area (Å²) >= 11 is 0. The summed E-state index contributed by atoms with van der Waals surface area (Å²) < 4.78 is 37.7. The van der Waals surface area contributed by atoms with Gasteiger partial charge in [0, 0.05) is 19.2 Å². The van der Waals surface area contributed by atoms with E-state index < -0.39 is 15.9 Å². The zero-order valence-corrected chi connectivity index (χ0v) is 15.0. The van der Waals surface area contributed by atoms with E-state index in [0.717, 1.165) is 0 Å². The number of benzene rings is 1. The van der Waals surface area contributed by atoms with Gasteiger partial charge in [-0.2, -0.15) is 0 Å². The lowest BCUT2D eigenvalue weighted by atomic mass is 10.3. The minimum atomic E-state index is -3.82. The molecule has 0 saturated heterocycles. The van der Waals surface area contributed by atoms with Crippen LogP contribution in [0.5, 0.6) is 11.5 Å². The highest BCUT2D eigenvalue weighted by molar-refractivity contribution is 7.89. The molecule has 0 heterocycles. The number of amides is 1. The summed E-state index contributed by atoms with van der Waals surface area (Å²) in [5.74, 6) is 0.425. The minimum absolute atomic E-state index is 0.0115. The molecule has 0 fully saturated rings. The van der Waals surface area contributed by atoms with Crippen molar-refractivity contribution in [3.63, 3.8) is 0 Å². The molecule has 0 atom stereocenters. The quantitative estimate of drug-likeness (QED) is 0.484. The second-order valence-electron chi connectivity index (χ2n) is 4.75. The molecule has 8 nitrogen and oxygen atoms in total. The van der Waals surface area contributed by atoms with Gasteiger partial charge in [-0.05, 0) is 33.0 Å². The Kier molecular flexibility index (Phi) is 8.51. The Morgan fingerprint density at radius 1 is 1.08 bits per heavy atom. The maximum absolute atomic E-state index is 12.3. The number of carbonyl (C=O) groups is 1. The van der Waals surface area contributed by atoms with Crippen LogP contribution in [0.25, 0.3) is 0 Å². The third-order valence-electron chi connectivity index (χ3n) is 2.95. The maximum Gasteiger partial charge on any atom is 0.241 e. The molecular weight excluding hydrogens is 334 g/mol. The standard InChI is InChI=1S/C15H25N3O5S/c1-4-22-13-7-6-12(10-14(13)23-5-2)24(20,21)18-11-15(19)17-9-8-16-3/h6-7,10,16,18H,4-5,8-9,11H2,1-3H3,(H,17,19). The summed E-state index contributed by atoms with van der Waals surface area (Å²) in [7, 11) is -2.06. The molecule has 1 amide bonds. The van der Waals surface area contributed by atoms with E-state index in [0.29, 0.717) is 37.8 Å². The van der Waals surface area contributed by atoms with Crippen LogP contribution in [-0.2, 0) is 14.8 Å². The summed E-state index contributed by atoms with van der Waals surface area (Å²) in [6.07, 6.45) is 0. The third-order valence-corrected chi connectivity index (χ3v) is 4.34. The molecule has 1 aromatic rings. The number of rotatable bonds is 11. The lowest BCUT2D eigenvalue weighted by Gasteiger charge is -2.13. The molecule has 0 spiro atoms. The SMILES string of the molecule is CCOc1ccc(S(=O)(=O)NCC(=O)NCCNC)cc1OCC. The zero-order valence-electron chi connectivity index (χ0n) is 14.2. The fourth-order valence-corrected chi connectivity index (χ4v) is 2.83. The van der Waals surface area contributed by atoms with Crippen molar-refractivity contribution in [2.75, 3.05) is 39.9 Å². The molecule has 24 heavy (non-hydrogen) atoms. The highest BCUT2D eigenvalue weighted by atomic mass is 32.2. The van der Waals surface area contributed by atoms with Gasteiger partial charge in [0.2, 0.25) is 15.9 Å². The molecule has 0 aliphatic rings. The summed E-state index contributed by atoms with van der Waals surface area (Å²) in [4.78, 5) is 11.6. The first kappa shape index (κ1) is 20.2. The Morgan fingerprint density at radius 2 is 1.75 bits per heavy atom. The van der Waals surface area contributed by atoms with Crippen molar-refractivity contribution in [3.05, 3.63) is 18.2 Å².